The van der Waals surface area contributed by atoms with Crippen LogP contribution in [0, 0.1) is 5.82 Å². The van der Waals surface area contributed by atoms with Crippen LogP contribution in [0.1, 0.15) is 53.9 Å². The van der Waals surface area contributed by atoms with Crippen molar-refractivity contribution in [2.45, 2.75) is 38.0 Å². The summed E-state index contributed by atoms with van der Waals surface area (Å²) in [7, 11) is -2.25. The van der Waals surface area contributed by atoms with Crippen molar-refractivity contribution in [1.82, 2.24) is 10.3 Å². The van der Waals surface area contributed by atoms with Gasteiger partial charge in [-0.2, -0.15) is 4.98 Å². The fourth-order valence-electron chi connectivity index (χ4n) is 4.75. The third-order valence-electron chi connectivity index (χ3n) is 6.97. The van der Waals surface area contributed by atoms with Crippen LogP contribution >= 0.6 is 0 Å². The molecule has 12 heteroatoms. The number of carboxylic acid groups (broad SMARTS) is 1. The minimum atomic E-state index is -3.76. The van der Waals surface area contributed by atoms with Gasteiger partial charge >= 0.3 is 5.97 Å². The Labute approximate surface area is 242 Å². The highest BCUT2D eigenvalue weighted by molar-refractivity contribution is 7.92. The van der Waals surface area contributed by atoms with Crippen molar-refractivity contribution in [2.75, 3.05) is 24.2 Å². The fraction of sp³-hybridized carbons (Fsp3) is 0.300. The molecule has 1 fully saturated rings. The lowest BCUT2D eigenvalue weighted by atomic mass is 10.0. The highest BCUT2D eigenvalue weighted by Gasteiger charge is 2.34. The van der Waals surface area contributed by atoms with Gasteiger partial charge in [0.25, 0.3) is 5.91 Å². The highest BCUT2D eigenvalue weighted by atomic mass is 32.2. The van der Waals surface area contributed by atoms with Gasteiger partial charge in [-0.25, -0.2) is 12.8 Å². The van der Waals surface area contributed by atoms with E-state index in [0.29, 0.717) is 40.9 Å². The number of ether oxygens (including phenoxy) is 1. The normalized spacial score (nSPS) is 13.2. The number of fused-ring (bicyclic) bond motifs is 1. The summed E-state index contributed by atoms with van der Waals surface area (Å²) in [5.74, 6) is -0.180. The largest absolute Gasteiger partial charge is 0.481 e. The highest BCUT2D eigenvalue weighted by Crippen LogP contribution is 2.47. The van der Waals surface area contributed by atoms with E-state index < -0.39 is 16.0 Å². The van der Waals surface area contributed by atoms with Crippen LogP contribution in [0.3, 0.4) is 0 Å². The Kier molecular flexibility index (Phi) is 8.17. The maximum absolute atomic E-state index is 13.2. The predicted octanol–water partition coefficient (Wildman–Crippen LogP) is 5.68. The molecule has 0 unspecified atom stereocenters. The Morgan fingerprint density at radius 1 is 1.10 bits per heavy atom. The van der Waals surface area contributed by atoms with Gasteiger partial charge in [-0.3, -0.25) is 13.9 Å². The fourth-order valence-corrected chi connectivity index (χ4v) is 5.67. The SMILES string of the molecule is CNC(=O)c1c(-c2ccc(Oc3ccc(F)cc3)cc2)oc2nc(N(CCCCC(=O)O)S(C)(=O)=O)c(C3CC3)cc12. The number of sulfonamides is 1. The predicted molar refractivity (Wildman–Crippen MR) is 155 cm³/mol. The first kappa shape index (κ1) is 29.1. The number of amides is 1. The van der Waals surface area contributed by atoms with Crippen molar-refractivity contribution in [1.29, 1.82) is 0 Å². The zero-order chi connectivity index (χ0) is 30.0. The van der Waals surface area contributed by atoms with Crippen LogP contribution in [0.4, 0.5) is 10.2 Å². The van der Waals surface area contributed by atoms with Crippen LogP contribution in [0.25, 0.3) is 22.4 Å². The lowest BCUT2D eigenvalue weighted by Crippen LogP contribution is -2.32. The molecular formula is C30H30FN3O7S. The van der Waals surface area contributed by atoms with E-state index in [9.17, 15) is 22.4 Å². The van der Waals surface area contributed by atoms with Gasteiger partial charge in [0, 0.05) is 25.6 Å². The van der Waals surface area contributed by atoms with Gasteiger partial charge < -0.3 is 19.6 Å². The zero-order valence-corrected chi connectivity index (χ0v) is 23.9. The number of aliphatic carboxylic acids is 1. The second-order valence-electron chi connectivity index (χ2n) is 10.2. The summed E-state index contributed by atoms with van der Waals surface area (Å²) in [4.78, 5) is 28.7. The number of hydrogen-bond donors (Lipinski definition) is 2. The van der Waals surface area contributed by atoms with E-state index in [1.54, 1.807) is 30.3 Å². The average molecular weight is 596 g/mol. The van der Waals surface area contributed by atoms with Crippen molar-refractivity contribution >= 4 is 38.8 Å². The third kappa shape index (κ3) is 6.38. The van der Waals surface area contributed by atoms with Crippen molar-refractivity contribution < 1.29 is 36.7 Å². The van der Waals surface area contributed by atoms with Crippen molar-refractivity contribution in [2.24, 2.45) is 0 Å². The smallest absolute Gasteiger partial charge is 0.303 e. The molecule has 2 aromatic carbocycles. The van der Waals surface area contributed by atoms with Crippen LogP contribution in [0.2, 0.25) is 0 Å². The lowest BCUT2D eigenvalue weighted by molar-refractivity contribution is -0.137. The van der Waals surface area contributed by atoms with Gasteiger partial charge in [-0.1, -0.05) is 0 Å². The van der Waals surface area contributed by atoms with Gasteiger partial charge in [0.05, 0.1) is 17.2 Å². The minimum Gasteiger partial charge on any atom is -0.481 e. The summed E-state index contributed by atoms with van der Waals surface area (Å²) in [6.07, 6.45) is 3.38. The number of halogens is 1. The number of furan rings is 1. The van der Waals surface area contributed by atoms with Crippen molar-refractivity contribution in [3.63, 3.8) is 0 Å². The van der Waals surface area contributed by atoms with E-state index in [1.807, 2.05) is 0 Å². The summed E-state index contributed by atoms with van der Waals surface area (Å²) in [6.45, 7) is 0.0652. The summed E-state index contributed by atoms with van der Waals surface area (Å²) in [5.41, 5.74) is 1.65. The average Bonchev–Trinajstić information content (AvgIpc) is 3.73. The lowest BCUT2D eigenvalue weighted by Gasteiger charge is -2.23. The molecule has 2 N–H and O–H groups in total. The third-order valence-corrected chi connectivity index (χ3v) is 8.12. The van der Waals surface area contributed by atoms with E-state index >= 15 is 0 Å². The number of aromatic nitrogens is 1. The van der Waals surface area contributed by atoms with Crippen molar-refractivity contribution in [3.8, 4) is 22.8 Å². The number of carbonyl (C=O) groups excluding carboxylic acids is 1. The maximum atomic E-state index is 13.2. The van der Waals surface area contributed by atoms with Crippen LogP contribution in [-0.4, -0.2) is 50.2 Å². The van der Waals surface area contributed by atoms with Gasteiger partial charge in [-0.05, 0) is 91.8 Å². The monoisotopic (exact) mass is 595 g/mol. The topological polar surface area (TPSA) is 139 Å². The minimum absolute atomic E-state index is 0.0652. The van der Waals surface area contributed by atoms with Crippen molar-refractivity contribution in [3.05, 3.63) is 71.5 Å². The van der Waals surface area contributed by atoms with E-state index in [1.165, 1.54) is 35.6 Å². The first-order valence-electron chi connectivity index (χ1n) is 13.5. The number of pyridine rings is 1. The molecule has 0 atom stereocenters. The van der Waals surface area contributed by atoms with E-state index in [-0.39, 0.29) is 53.5 Å². The van der Waals surface area contributed by atoms with Crippen LogP contribution in [0.15, 0.2) is 59.0 Å². The number of nitrogens with one attached hydrogen (secondary N) is 1. The number of rotatable bonds is 12. The molecule has 10 nitrogen and oxygen atoms in total. The second kappa shape index (κ2) is 11.8. The molecule has 1 saturated carbocycles. The molecule has 1 amide bonds. The first-order valence-corrected chi connectivity index (χ1v) is 15.3. The molecule has 5 rings (SSSR count). The molecule has 220 valence electrons. The number of anilines is 1. The number of unbranched alkanes of at least 4 members (excludes halogenated alkanes) is 1. The molecule has 0 bridgehead atoms. The quantitative estimate of drug-likeness (QED) is 0.199. The molecule has 0 radical (unpaired) electrons. The Morgan fingerprint density at radius 3 is 2.31 bits per heavy atom. The number of benzene rings is 2. The van der Waals surface area contributed by atoms with Gasteiger partial charge in [0.2, 0.25) is 15.7 Å². The molecule has 4 aromatic rings. The van der Waals surface area contributed by atoms with E-state index in [0.717, 1.165) is 19.1 Å². The van der Waals surface area contributed by atoms with Gasteiger partial charge in [0.1, 0.15) is 28.9 Å². The maximum Gasteiger partial charge on any atom is 0.303 e. The zero-order valence-electron chi connectivity index (χ0n) is 23.1. The Hall–Kier alpha value is -4.45. The molecule has 1 aliphatic carbocycles. The first-order chi connectivity index (χ1) is 20.0. The summed E-state index contributed by atoms with van der Waals surface area (Å²) >= 11 is 0. The summed E-state index contributed by atoms with van der Waals surface area (Å²) < 4.78 is 52.1. The molecule has 1 aliphatic rings. The second-order valence-corrected chi connectivity index (χ2v) is 12.1. The standard InChI is InChI=1S/C30H30FN3O7S/c1-32-29(37)26-24-17-23(18-6-7-18)28(34(42(2,38)39)16-4-3-5-25(35)36)33-30(24)41-27(26)19-8-12-21(13-9-19)40-22-14-10-20(31)11-15-22/h8-15,17-18H,3-7,16H2,1-2H3,(H,32,37)(H,35,36). The van der Waals surface area contributed by atoms with Crippen LogP contribution in [0.5, 0.6) is 11.5 Å². The Bertz CT molecular complexity index is 1730. The number of nitrogens with zero attached hydrogens (tertiary/aromatic N) is 2. The molecule has 0 saturated heterocycles. The Morgan fingerprint density at radius 2 is 1.74 bits per heavy atom. The van der Waals surface area contributed by atoms with Crippen LogP contribution in [-0.2, 0) is 14.8 Å². The Balaban J connectivity index is 1.55. The van der Waals surface area contributed by atoms with Gasteiger partial charge in [-0.15, -0.1) is 0 Å². The molecule has 2 aromatic heterocycles. The molecule has 42 heavy (non-hydrogen) atoms. The number of carbonyl (C=O) groups is 2. The molecule has 2 heterocycles. The molecule has 0 spiro atoms. The molecule has 0 aliphatic heterocycles. The summed E-state index contributed by atoms with van der Waals surface area (Å²) in [5, 5.41) is 12.1. The number of hydrogen-bond acceptors (Lipinski definition) is 7. The van der Waals surface area contributed by atoms with Gasteiger partial charge in [0.15, 0.2) is 0 Å². The molecular weight excluding hydrogens is 565 g/mol. The number of carboxylic acids is 1. The van der Waals surface area contributed by atoms with E-state index in [4.69, 9.17) is 14.3 Å². The van der Waals surface area contributed by atoms with Crippen LogP contribution < -0.4 is 14.4 Å². The summed E-state index contributed by atoms with van der Waals surface area (Å²) in [6, 6.07) is 14.2. The van der Waals surface area contributed by atoms with E-state index in [2.05, 4.69) is 10.3 Å².